The highest BCUT2D eigenvalue weighted by Crippen LogP contribution is 2.35. The molecule has 32 heavy (non-hydrogen) atoms. The summed E-state index contributed by atoms with van der Waals surface area (Å²) < 4.78 is 2.40. The maximum absolute atomic E-state index is 2.40. The molecule has 0 aliphatic carbocycles. The summed E-state index contributed by atoms with van der Waals surface area (Å²) in [5, 5.41) is 1.31. The van der Waals surface area contributed by atoms with Gasteiger partial charge in [-0.2, -0.15) is 4.57 Å². The highest BCUT2D eigenvalue weighted by Gasteiger charge is 2.17. The molecule has 0 amide bonds. The molecular formula is C29H35IN2. The summed E-state index contributed by atoms with van der Waals surface area (Å²) in [4.78, 5) is 2.40. The van der Waals surface area contributed by atoms with E-state index in [4.69, 9.17) is 0 Å². The summed E-state index contributed by atoms with van der Waals surface area (Å²) in [6.45, 7) is 11.3. The van der Waals surface area contributed by atoms with Crippen LogP contribution in [-0.4, -0.2) is 6.54 Å². The molecule has 168 valence electrons. The van der Waals surface area contributed by atoms with Crippen LogP contribution in [0.15, 0.2) is 73.1 Å². The van der Waals surface area contributed by atoms with Gasteiger partial charge < -0.3 is 28.9 Å². The van der Waals surface area contributed by atoms with Crippen molar-refractivity contribution >= 4 is 28.2 Å². The summed E-state index contributed by atoms with van der Waals surface area (Å²) in [7, 11) is 0. The maximum Gasteiger partial charge on any atom is 0.213 e. The van der Waals surface area contributed by atoms with Gasteiger partial charge in [-0.1, -0.05) is 58.0 Å². The average Bonchev–Trinajstić information content (AvgIpc) is 2.77. The van der Waals surface area contributed by atoms with Crippen LogP contribution >= 0.6 is 0 Å². The Morgan fingerprint density at radius 3 is 2.38 bits per heavy atom. The van der Waals surface area contributed by atoms with Crippen LogP contribution in [0, 0.1) is 11.8 Å². The number of hydrogen-bond acceptors (Lipinski definition) is 1. The van der Waals surface area contributed by atoms with Crippen molar-refractivity contribution in [3.8, 4) is 0 Å². The molecule has 3 aromatic rings. The summed E-state index contributed by atoms with van der Waals surface area (Å²) in [5.74, 6) is 1.41. The largest absolute Gasteiger partial charge is 1.00 e. The third-order valence-electron chi connectivity index (χ3n) is 6.12. The van der Waals surface area contributed by atoms with E-state index in [-0.39, 0.29) is 24.0 Å². The van der Waals surface area contributed by atoms with Crippen molar-refractivity contribution < 1.29 is 28.5 Å². The van der Waals surface area contributed by atoms with Gasteiger partial charge >= 0.3 is 0 Å². The molecule has 1 aromatic heterocycles. The van der Waals surface area contributed by atoms with Gasteiger partial charge in [0.25, 0.3) is 0 Å². The summed E-state index contributed by atoms with van der Waals surface area (Å²) in [6.07, 6.45) is 11.5. The molecule has 0 fully saturated rings. The Morgan fingerprint density at radius 1 is 0.875 bits per heavy atom. The number of rotatable bonds is 7. The molecule has 2 nitrogen and oxygen atoms in total. The number of benzene rings is 2. The van der Waals surface area contributed by atoms with Gasteiger partial charge in [0, 0.05) is 42.5 Å². The third kappa shape index (κ3) is 5.61. The SMILES string of the molecule is CC(C)CCN1C=C/C(=C\c2cc[n+](CCC(C)C)c3ccccc23)c2ccccc21.[I-]. The van der Waals surface area contributed by atoms with Crippen LogP contribution in [0.5, 0.6) is 0 Å². The molecule has 1 aliphatic heterocycles. The minimum atomic E-state index is 0. The van der Waals surface area contributed by atoms with Crippen molar-refractivity contribution in [3.05, 3.63) is 84.2 Å². The zero-order chi connectivity index (χ0) is 21.8. The van der Waals surface area contributed by atoms with Crippen LogP contribution in [0.2, 0.25) is 0 Å². The topological polar surface area (TPSA) is 7.12 Å². The molecule has 0 N–H and O–H groups in total. The van der Waals surface area contributed by atoms with E-state index in [1.807, 2.05) is 0 Å². The third-order valence-corrected chi connectivity index (χ3v) is 6.12. The van der Waals surface area contributed by atoms with E-state index < -0.39 is 0 Å². The van der Waals surface area contributed by atoms with E-state index in [0.717, 1.165) is 13.1 Å². The lowest BCUT2D eigenvalue weighted by Gasteiger charge is -2.28. The number of pyridine rings is 1. The molecular weight excluding hydrogens is 503 g/mol. The van der Waals surface area contributed by atoms with Crippen LogP contribution in [0.25, 0.3) is 22.6 Å². The van der Waals surface area contributed by atoms with Crippen LogP contribution in [0.4, 0.5) is 5.69 Å². The number of para-hydroxylation sites is 2. The smallest absolute Gasteiger partial charge is 0.213 e. The predicted octanol–water partition coefficient (Wildman–Crippen LogP) is 4.10. The van der Waals surface area contributed by atoms with E-state index in [0.29, 0.717) is 11.8 Å². The number of nitrogens with zero attached hydrogens (tertiary/aromatic N) is 2. The van der Waals surface area contributed by atoms with Gasteiger partial charge in [0.05, 0.1) is 5.39 Å². The van der Waals surface area contributed by atoms with Gasteiger partial charge in [-0.25, -0.2) is 0 Å². The number of anilines is 1. The van der Waals surface area contributed by atoms with Crippen molar-refractivity contribution in [1.82, 2.24) is 0 Å². The molecule has 0 spiro atoms. The normalized spacial score (nSPS) is 14.3. The first-order chi connectivity index (χ1) is 15.0. The maximum atomic E-state index is 2.40. The van der Waals surface area contributed by atoms with Crippen LogP contribution in [0.3, 0.4) is 0 Å². The fourth-order valence-corrected chi connectivity index (χ4v) is 4.22. The van der Waals surface area contributed by atoms with Crippen molar-refractivity contribution in [2.24, 2.45) is 11.8 Å². The molecule has 0 unspecified atom stereocenters. The number of allylic oxidation sites excluding steroid dienone is 2. The number of fused-ring (bicyclic) bond motifs is 2. The molecule has 1 aliphatic rings. The highest BCUT2D eigenvalue weighted by atomic mass is 127. The Bertz CT molecular complexity index is 1110. The van der Waals surface area contributed by atoms with Crippen molar-refractivity contribution in [1.29, 1.82) is 0 Å². The Morgan fingerprint density at radius 2 is 1.59 bits per heavy atom. The standard InChI is InChI=1S/C29H35N2.HI/c1-22(2)13-17-30-19-15-24(26-9-5-7-11-28(26)30)21-25-16-20-31(18-14-23(3)4)29-12-8-6-10-27(25)29;/h5-12,15-16,19-23H,13-14,17-18H2,1-4H3;1H/q+1;/p-1. The second-order valence-corrected chi connectivity index (χ2v) is 9.47. The van der Waals surface area contributed by atoms with Crippen LogP contribution in [0.1, 0.15) is 51.7 Å². The minimum absolute atomic E-state index is 0. The fourth-order valence-electron chi connectivity index (χ4n) is 4.22. The zero-order valence-electron chi connectivity index (χ0n) is 19.8. The van der Waals surface area contributed by atoms with Gasteiger partial charge in [-0.3, -0.25) is 0 Å². The van der Waals surface area contributed by atoms with Gasteiger partial charge in [-0.15, -0.1) is 0 Å². The lowest BCUT2D eigenvalue weighted by molar-refractivity contribution is -0.672. The summed E-state index contributed by atoms with van der Waals surface area (Å²) in [5.41, 5.74) is 6.49. The Hall–Kier alpha value is -2.14. The van der Waals surface area contributed by atoms with Crippen molar-refractivity contribution in [2.45, 2.75) is 47.1 Å². The van der Waals surface area contributed by atoms with Crippen LogP contribution in [-0.2, 0) is 6.54 Å². The molecule has 4 rings (SSSR count). The first kappa shape index (κ1) is 24.5. The van der Waals surface area contributed by atoms with Crippen LogP contribution < -0.4 is 33.4 Å². The van der Waals surface area contributed by atoms with E-state index >= 15 is 0 Å². The second-order valence-electron chi connectivity index (χ2n) is 9.47. The van der Waals surface area contributed by atoms with E-state index in [9.17, 15) is 0 Å². The first-order valence-electron chi connectivity index (χ1n) is 11.7. The van der Waals surface area contributed by atoms with Gasteiger partial charge in [0.15, 0.2) is 6.20 Å². The number of hydrogen-bond donors (Lipinski definition) is 0. The molecule has 0 radical (unpaired) electrons. The second kappa shape index (κ2) is 11.1. The summed E-state index contributed by atoms with van der Waals surface area (Å²) in [6, 6.07) is 19.9. The molecule has 2 heterocycles. The fraction of sp³-hybridized carbons (Fsp3) is 0.345. The monoisotopic (exact) mass is 538 g/mol. The lowest BCUT2D eigenvalue weighted by atomic mass is 9.96. The predicted molar refractivity (Wildman–Crippen MR) is 134 cm³/mol. The summed E-state index contributed by atoms with van der Waals surface area (Å²) >= 11 is 0. The Kier molecular flexibility index (Phi) is 8.52. The van der Waals surface area contributed by atoms with Gasteiger partial charge in [0.2, 0.25) is 5.52 Å². The molecule has 0 saturated carbocycles. The Balaban J connectivity index is 0.00000289. The Labute approximate surface area is 210 Å². The van der Waals surface area contributed by atoms with Crippen molar-refractivity contribution in [3.63, 3.8) is 0 Å². The number of aryl methyl sites for hydroxylation is 1. The lowest BCUT2D eigenvalue weighted by Crippen LogP contribution is -3.00. The van der Waals surface area contributed by atoms with Gasteiger partial charge in [-0.05, 0) is 53.7 Å². The number of aromatic nitrogens is 1. The molecule has 3 heteroatoms. The first-order valence-corrected chi connectivity index (χ1v) is 11.7. The molecule has 0 bridgehead atoms. The molecule has 0 atom stereocenters. The van der Waals surface area contributed by atoms with Crippen molar-refractivity contribution in [2.75, 3.05) is 11.4 Å². The zero-order valence-corrected chi connectivity index (χ0v) is 21.9. The van der Waals surface area contributed by atoms with E-state index in [1.54, 1.807) is 0 Å². The minimum Gasteiger partial charge on any atom is -1.00 e. The quantitative estimate of drug-likeness (QED) is 0.325. The van der Waals surface area contributed by atoms with Gasteiger partial charge in [0.1, 0.15) is 6.54 Å². The van der Waals surface area contributed by atoms with E-state index in [2.05, 4.69) is 116 Å². The highest BCUT2D eigenvalue weighted by molar-refractivity contribution is 5.99. The molecule has 2 aromatic carbocycles. The number of halogens is 1. The average molecular weight is 539 g/mol. The molecule has 0 saturated heterocycles. The van der Waals surface area contributed by atoms with E-state index in [1.165, 1.54) is 46.1 Å².